The number of ether oxygens (including phenoxy) is 1. The molecule has 0 aliphatic heterocycles. The molecule has 5 heteroatoms. The van der Waals surface area contributed by atoms with Crippen molar-refractivity contribution in [3.63, 3.8) is 0 Å². The minimum absolute atomic E-state index is 0.0349. The van der Waals surface area contributed by atoms with Crippen molar-refractivity contribution in [1.82, 2.24) is 20.1 Å². The second-order valence-electron chi connectivity index (χ2n) is 4.99. The zero-order valence-corrected chi connectivity index (χ0v) is 13.3. The van der Waals surface area contributed by atoms with E-state index in [1.165, 1.54) is 0 Å². The molecule has 0 amide bonds. The topological polar surface area (TPSA) is 52.0 Å². The average Bonchev–Trinajstić information content (AvgIpc) is 2.89. The van der Waals surface area contributed by atoms with Gasteiger partial charge in [0.05, 0.1) is 19.3 Å². The van der Waals surface area contributed by atoms with Crippen molar-refractivity contribution in [3.8, 4) is 5.75 Å². The highest BCUT2D eigenvalue weighted by Crippen LogP contribution is 2.31. The third-order valence-corrected chi connectivity index (χ3v) is 3.54. The van der Waals surface area contributed by atoms with E-state index in [1.54, 1.807) is 13.3 Å². The summed E-state index contributed by atoms with van der Waals surface area (Å²) in [4.78, 5) is 4.41. The molecule has 0 radical (unpaired) electrons. The number of nitrogens with zero attached hydrogens (tertiary/aromatic N) is 3. The van der Waals surface area contributed by atoms with Crippen molar-refractivity contribution < 1.29 is 4.74 Å². The molecular weight excluding hydrogens is 264 g/mol. The lowest BCUT2D eigenvalue weighted by atomic mass is 10.0. The highest BCUT2D eigenvalue weighted by molar-refractivity contribution is 5.37. The van der Waals surface area contributed by atoms with Gasteiger partial charge in [0, 0.05) is 18.4 Å². The summed E-state index contributed by atoms with van der Waals surface area (Å²) in [6, 6.07) is 4.12. The Bertz CT molecular complexity index is 579. The molecule has 0 saturated heterocycles. The summed E-state index contributed by atoms with van der Waals surface area (Å²) in [5, 5.41) is 8.00. The number of aryl methyl sites for hydroxylation is 2. The molecule has 1 N–H and O–H groups in total. The zero-order chi connectivity index (χ0) is 15.2. The number of methoxy groups -OCH3 is 1. The van der Waals surface area contributed by atoms with Gasteiger partial charge in [-0.3, -0.25) is 9.67 Å². The van der Waals surface area contributed by atoms with Gasteiger partial charge in [-0.1, -0.05) is 19.9 Å². The van der Waals surface area contributed by atoms with E-state index in [4.69, 9.17) is 4.74 Å². The minimum atomic E-state index is 0.0349. The van der Waals surface area contributed by atoms with Gasteiger partial charge in [-0.05, 0) is 31.5 Å². The SMILES string of the molecule is CCCn1ncc(OC)c1C(NCC)c1cccnc1C. The maximum absolute atomic E-state index is 5.52. The Morgan fingerprint density at radius 1 is 1.38 bits per heavy atom. The smallest absolute Gasteiger partial charge is 0.161 e. The van der Waals surface area contributed by atoms with Crippen molar-refractivity contribution >= 4 is 0 Å². The quantitative estimate of drug-likeness (QED) is 0.851. The Labute approximate surface area is 126 Å². The van der Waals surface area contributed by atoms with Crippen LogP contribution in [0.15, 0.2) is 24.5 Å². The van der Waals surface area contributed by atoms with Crippen LogP contribution < -0.4 is 10.1 Å². The Balaban J connectivity index is 2.52. The second-order valence-corrected chi connectivity index (χ2v) is 4.99. The van der Waals surface area contributed by atoms with Crippen molar-refractivity contribution in [1.29, 1.82) is 0 Å². The maximum Gasteiger partial charge on any atom is 0.161 e. The molecule has 0 fully saturated rings. The van der Waals surface area contributed by atoms with Crippen molar-refractivity contribution in [2.75, 3.05) is 13.7 Å². The Kier molecular flexibility index (Phi) is 5.33. The molecule has 2 aromatic heterocycles. The highest BCUT2D eigenvalue weighted by atomic mass is 16.5. The number of rotatable bonds is 7. The van der Waals surface area contributed by atoms with Crippen LogP contribution in [0, 0.1) is 6.92 Å². The molecule has 0 aromatic carbocycles. The van der Waals surface area contributed by atoms with Gasteiger partial charge in [-0.25, -0.2) is 0 Å². The van der Waals surface area contributed by atoms with Crippen LogP contribution in [0.5, 0.6) is 5.75 Å². The van der Waals surface area contributed by atoms with E-state index in [0.29, 0.717) is 0 Å². The molecule has 0 bridgehead atoms. The van der Waals surface area contributed by atoms with Crippen molar-refractivity contribution in [2.24, 2.45) is 0 Å². The molecule has 1 atom stereocenters. The normalized spacial score (nSPS) is 12.4. The molecule has 1 unspecified atom stereocenters. The molecule has 2 rings (SSSR count). The Morgan fingerprint density at radius 2 is 2.19 bits per heavy atom. The van der Waals surface area contributed by atoms with Crippen molar-refractivity contribution in [3.05, 3.63) is 41.5 Å². The standard InChI is InChI=1S/C16H24N4O/c1-5-10-20-16(14(21-4)11-19-20)15(17-6-2)13-8-7-9-18-12(13)3/h7-9,11,15,17H,5-6,10H2,1-4H3. The number of pyridine rings is 1. The lowest BCUT2D eigenvalue weighted by Crippen LogP contribution is -2.26. The summed E-state index contributed by atoms with van der Waals surface area (Å²) >= 11 is 0. The third-order valence-electron chi connectivity index (χ3n) is 3.54. The van der Waals surface area contributed by atoms with Gasteiger partial charge in [0.1, 0.15) is 5.69 Å². The summed E-state index contributed by atoms with van der Waals surface area (Å²) in [5.74, 6) is 0.817. The summed E-state index contributed by atoms with van der Waals surface area (Å²) in [5.41, 5.74) is 3.25. The van der Waals surface area contributed by atoms with Crippen LogP contribution in [0.2, 0.25) is 0 Å². The number of aromatic nitrogens is 3. The highest BCUT2D eigenvalue weighted by Gasteiger charge is 2.24. The Morgan fingerprint density at radius 3 is 2.81 bits per heavy atom. The Hall–Kier alpha value is -1.88. The van der Waals surface area contributed by atoms with E-state index in [0.717, 1.165) is 42.2 Å². The number of hydrogen-bond acceptors (Lipinski definition) is 4. The van der Waals surface area contributed by atoms with E-state index in [-0.39, 0.29) is 6.04 Å². The zero-order valence-electron chi connectivity index (χ0n) is 13.3. The van der Waals surface area contributed by atoms with Gasteiger partial charge in [-0.15, -0.1) is 0 Å². The molecule has 0 aliphatic rings. The first-order valence-corrected chi connectivity index (χ1v) is 7.47. The number of hydrogen-bond donors (Lipinski definition) is 1. The minimum Gasteiger partial charge on any atom is -0.493 e. The van der Waals surface area contributed by atoms with E-state index < -0.39 is 0 Å². The molecule has 21 heavy (non-hydrogen) atoms. The first-order chi connectivity index (χ1) is 10.2. The summed E-state index contributed by atoms with van der Waals surface area (Å²) in [6.45, 7) is 8.02. The lowest BCUT2D eigenvalue weighted by Gasteiger charge is -2.22. The summed E-state index contributed by atoms with van der Waals surface area (Å²) in [7, 11) is 1.69. The molecule has 0 spiro atoms. The van der Waals surface area contributed by atoms with Crippen LogP contribution in [0.4, 0.5) is 0 Å². The van der Waals surface area contributed by atoms with Crippen LogP contribution in [0.25, 0.3) is 0 Å². The summed E-state index contributed by atoms with van der Waals surface area (Å²) in [6.07, 6.45) is 4.64. The van der Waals surface area contributed by atoms with Crippen molar-refractivity contribution in [2.45, 2.75) is 39.8 Å². The average molecular weight is 288 g/mol. The van der Waals surface area contributed by atoms with E-state index in [9.17, 15) is 0 Å². The van der Waals surface area contributed by atoms with E-state index in [1.807, 2.05) is 23.9 Å². The molecule has 2 aromatic rings. The van der Waals surface area contributed by atoms with Gasteiger partial charge in [0.15, 0.2) is 5.75 Å². The van der Waals surface area contributed by atoms with E-state index >= 15 is 0 Å². The van der Waals surface area contributed by atoms with Gasteiger partial charge >= 0.3 is 0 Å². The van der Waals surface area contributed by atoms with E-state index in [2.05, 4.69) is 35.3 Å². The largest absolute Gasteiger partial charge is 0.493 e. The fourth-order valence-corrected chi connectivity index (χ4v) is 2.58. The molecule has 0 saturated carbocycles. The number of nitrogens with one attached hydrogen (secondary N) is 1. The van der Waals surface area contributed by atoms with Gasteiger partial charge < -0.3 is 10.1 Å². The van der Waals surface area contributed by atoms with Crippen LogP contribution >= 0.6 is 0 Å². The fourth-order valence-electron chi connectivity index (χ4n) is 2.58. The van der Waals surface area contributed by atoms with Gasteiger partial charge in [-0.2, -0.15) is 5.10 Å². The molecule has 5 nitrogen and oxygen atoms in total. The van der Waals surface area contributed by atoms with Crippen LogP contribution in [0.1, 0.15) is 43.3 Å². The van der Waals surface area contributed by atoms with Crippen LogP contribution in [-0.2, 0) is 6.54 Å². The lowest BCUT2D eigenvalue weighted by molar-refractivity contribution is 0.398. The molecule has 0 aliphatic carbocycles. The maximum atomic E-state index is 5.52. The first-order valence-electron chi connectivity index (χ1n) is 7.47. The second kappa shape index (κ2) is 7.22. The molecule has 114 valence electrons. The fraction of sp³-hybridized carbons (Fsp3) is 0.500. The molecule has 2 heterocycles. The molecular formula is C16H24N4O. The monoisotopic (exact) mass is 288 g/mol. The van der Waals surface area contributed by atoms with Gasteiger partial charge in [0.2, 0.25) is 0 Å². The summed E-state index contributed by atoms with van der Waals surface area (Å²) < 4.78 is 7.54. The third kappa shape index (κ3) is 3.24. The van der Waals surface area contributed by atoms with Gasteiger partial charge in [0.25, 0.3) is 0 Å². The predicted molar refractivity (Wildman–Crippen MR) is 83.6 cm³/mol. The van der Waals surface area contributed by atoms with Crippen LogP contribution in [-0.4, -0.2) is 28.4 Å². The predicted octanol–water partition coefficient (Wildman–Crippen LogP) is 2.70. The van der Waals surface area contributed by atoms with Crippen LogP contribution in [0.3, 0.4) is 0 Å². The first kappa shape index (κ1) is 15.5.